The van der Waals surface area contributed by atoms with Crippen LogP contribution in [-0.2, 0) is 9.53 Å². The molecular weight excluding hydrogens is 212 g/mol. The molecule has 0 unspecified atom stereocenters. The number of ether oxygens (including phenoxy) is 1. The smallest absolute Gasteiger partial charge is 0.346 e. The zero-order valence-electron chi connectivity index (χ0n) is 10.2. The average Bonchev–Trinajstić information content (AvgIpc) is 2.38. The second-order valence-electron chi connectivity index (χ2n) is 3.51. The van der Waals surface area contributed by atoms with Gasteiger partial charge in [-0.2, -0.15) is 0 Å². The number of carbonyl (C=O) groups is 1. The topological polar surface area (TPSA) is 26.3 Å². The Morgan fingerprint density at radius 3 is 2.65 bits per heavy atom. The van der Waals surface area contributed by atoms with Crippen LogP contribution in [0.4, 0.5) is 0 Å². The van der Waals surface area contributed by atoms with E-state index < -0.39 is 5.97 Å². The van der Waals surface area contributed by atoms with E-state index in [0.29, 0.717) is 5.57 Å². The van der Waals surface area contributed by atoms with Gasteiger partial charge in [0, 0.05) is 6.42 Å². The maximum atomic E-state index is 11.5. The van der Waals surface area contributed by atoms with Crippen LogP contribution in [0.5, 0.6) is 0 Å². The zero-order chi connectivity index (χ0) is 12.5. The number of carbonyl (C=O) groups excluding carboxylic acids is 1. The van der Waals surface area contributed by atoms with E-state index >= 15 is 0 Å². The SMILES string of the molecule is CCCC#CC(=Cc1ccccc1)C(=O)OC. The molecule has 88 valence electrons. The molecule has 0 aliphatic carbocycles. The molecule has 0 bridgehead atoms. The normalized spacial score (nSPS) is 10.4. The number of unbranched alkanes of at least 4 members (excludes halogenated alkanes) is 1. The predicted octanol–water partition coefficient (Wildman–Crippen LogP) is 3.05. The van der Waals surface area contributed by atoms with Crippen LogP contribution in [0.2, 0.25) is 0 Å². The van der Waals surface area contributed by atoms with Gasteiger partial charge in [-0.3, -0.25) is 0 Å². The first-order chi connectivity index (χ1) is 8.27. The number of benzene rings is 1. The van der Waals surface area contributed by atoms with Crippen molar-refractivity contribution in [1.29, 1.82) is 0 Å². The van der Waals surface area contributed by atoms with Crippen LogP contribution >= 0.6 is 0 Å². The molecule has 0 amide bonds. The molecule has 0 atom stereocenters. The number of hydrogen-bond donors (Lipinski definition) is 0. The van der Waals surface area contributed by atoms with E-state index in [2.05, 4.69) is 11.8 Å². The fourth-order valence-electron chi connectivity index (χ4n) is 1.25. The molecule has 0 aliphatic heterocycles. The number of methoxy groups -OCH3 is 1. The second-order valence-corrected chi connectivity index (χ2v) is 3.51. The van der Waals surface area contributed by atoms with Gasteiger partial charge in [0.2, 0.25) is 0 Å². The largest absolute Gasteiger partial charge is 0.465 e. The molecule has 0 aromatic heterocycles. The van der Waals surface area contributed by atoms with Crippen molar-refractivity contribution in [2.45, 2.75) is 19.8 Å². The Morgan fingerprint density at radius 1 is 1.35 bits per heavy atom. The highest BCUT2D eigenvalue weighted by Crippen LogP contribution is 2.07. The van der Waals surface area contributed by atoms with Crippen molar-refractivity contribution in [3.63, 3.8) is 0 Å². The van der Waals surface area contributed by atoms with Gasteiger partial charge in [-0.1, -0.05) is 49.1 Å². The molecule has 0 N–H and O–H groups in total. The van der Waals surface area contributed by atoms with E-state index in [9.17, 15) is 4.79 Å². The lowest BCUT2D eigenvalue weighted by Gasteiger charge is -1.98. The van der Waals surface area contributed by atoms with Gasteiger partial charge < -0.3 is 4.74 Å². The average molecular weight is 228 g/mol. The van der Waals surface area contributed by atoms with Crippen LogP contribution in [0.25, 0.3) is 6.08 Å². The highest BCUT2D eigenvalue weighted by atomic mass is 16.5. The Morgan fingerprint density at radius 2 is 2.06 bits per heavy atom. The van der Waals surface area contributed by atoms with Crippen LogP contribution in [0.3, 0.4) is 0 Å². The first-order valence-corrected chi connectivity index (χ1v) is 5.62. The third-order valence-electron chi connectivity index (χ3n) is 2.11. The first-order valence-electron chi connectivity index (χ1n) is 5.62. The Kier molecular flexibility index (Phi) is 5.60. The minimum Gasteiger partial charge on any atom is -0.465 e. The quantitative estimate of drug-likeness (QED) is 0.451. The van der Waals surface area contributed by atoms with Gasteiger partial charge in [0.05, 0.1) is 7.11 Å². The summed E-state index contributed by atoms with van der Waals surface area (Å²) in [4.78, 5) is 11.5. The van der Waals surface area contributed by atoms with Crippen molar-refractivity contribution in [3.05, 3.63) is 41.5 Å². The molecular formula is C15H16O2. The molecule has 1 aromatic rings. The van der Waals surface area contributed by atoms with Gasteiger partial charge in [-0.25, -0.2) is 4.79 Å². The minimum atomic E-state index is -0.391. The molecule has 0 heterocycles. The standard InChI is InChI=1S/C15H16O2/c1-3-4-6-11-14(15(16)17-2)12-13-9-7-5-8-10-13/h5,7-10,12H,3-4H2,1-2H3. The number of hydrogen-bond acceptors (Lipinski definition) is 2. The van der Waals surface area contributed by atoms with Crippen LogP contribution in [-0.4, -0.2) is 13.1 Å². The van der Waals surface area contributed by atoms with Gasteiger partial charge in [0.1, 0.15) is 5.57 Å². The lowest BCUT2D eigenvalue weighted by atomic mass is 10.1. The van der Waals surface area contributed by atoms with Crippen molar-refractivity contribution in [1.82, 2.24) is 0 Å². The summed E-state index contributed by atoms with van der Waals surface area (Å²) in [5.74, 6) is 5.42. The number of esters is 1. The van der Waals surface area contributed by atoms with E-state index in [1.54, 1.807) is 6.08 Å². The summed E-state index contributed by atoms with van der Waals surface area (Å²) in [6, 6.07) is 9.60. The summed E-state index contributed by atoms with van der Waals surface area (Å²) in [7, 11) is 1.36. The summed E-state index contributed by atoms with van der Waals surface area (Å²) < 4.78 is 4.71. The van der Waals surface area contributed by atoms with E-state index in [0.717, 1.165) is 18.4 Å². The molecule has 0 saturated heterocycles. The molecule has 0 aliphatic rings. The van der Waals surface area contributed by atoms with Crippen molar-refractivity contribution >= 4 is 12.0 Å². The molecule has 1 rings (SSSR count). The van der Waals surface area contributed by atoms with E-state index in [1.165, 1.54) is 7.11 Å². The Hall–Kier alpha value is -2.01. The van der Waals surface area contributed by atoms with Crippen molar-refractivity contribution in [3.8, 4) is 11.8 Å². The summed E-state index contributed by atoms with van der Waals surface area (Å²) in [5, 5.41) is 0. The Labute approximate surface area is 102 Å². The van der Waals surface area contributed by atoms with Crippen LogP contribution in [0.15, 0.2) is 35.9 Å². The van der Waals surface area contributed by atoms with E-state index in [1.807, 2.05) is 37.3 Å². The fraction of sp³-hybridized carbons (Fsp3) is 0.267. The van der Waals surface area contributed by atoms with Crippen molar-refractivity contribution < 1.29 is 9.53 Å². The van der Waals surface area contributed by atoms with Gasteiger partial charge >= 0.3 is 5.97 Å². The fourth-order valence-corrected chi connectivity index (χ4v) is 1.25. The van der Waals surface area contributed by atoms with E-state index in [-0.39, 0.29) is 0 Å². The zero-order valence-corrected chi connectivity index (χ0v) is 10.2. The monoisotopic (exact) mass is 228 g/mol. The molecule has 1 aromatic carbocycles. The third kappa shape index (κ3) is 4.56. The highest BCUT2D eigenvalue weighted by molar-refractivity contribution is 5.98. The van der Waals surface area contributed by atoms with Crippen LogP contribution < -0.4 is 0 Å². The highest BCUT2D eigenvalue weighted by Gasteiger charge is 2.05. The van der Waals surface area contributed by atoms with Crippen molar-refractivity contribution in [2.24, 2.45) is 0 Å². The van der Waals surface area contributed by atoms with Gasteiger partial charge in [0.15, 0.2) is 0 Å². The van der Waals surface area contributed by atoms with E-state index in [4.69, 9.17) is 4.74 Å². The summed E-state index contributed by atoms with van der Waals surface area (Å²) in [5.41, 5.74) is 1.34. The molecule has 0 radical (unpaired) electrons. The summed E-state index contributed by atoms with van der Waals surface area (Å²) >= 11 is 0. The summed E-state index contributed by atoms with van der Waals surface area (Å²) in [6.45, 7) is 2.05. The molecule has 0 saturated carbocycles. The predicted molar refractivity (Wildman–Crippen MR) is 69.1 cm³/mol. The molecule has 0 spiro atoms. The molecule has 0 fully saturated rings. The van der Waals surface area contributed by atoms with Crippen LogP contribution in [0, 0.1) is 11.8 Å². The lowest BCUT2D eigenvalue weighted by Crippen LogP contribution is -2.02. The van der Waals surface area contributed by atoms with Crippen molar-refractivity contribution in [2.75, 3.05) is 7.11 Å². The molecule has 2 nitrogen and oxygen atoms in total. The Balaban J connectivity index is 2.95. The first kappa shape index (κ1) is 13.1. The Bertz CT molecular complexity index is 447. The second kappa shape index (κ2) is 7.29. The minimum absolute atomic E-state index is 0.391. The molecule has 2 heteroatoms. The van der Waals surface area contributed by atoms with Crippen LogP contribution in [0.1, 0.15) is 25.3 Å². The van der Waals surface area contributed by atoms with Gasteiger partial charge in [-0.15, -0.1) is 0 Å². The maximum Gasteiger partial charge on any atom is 0.346 e. The van der Waals surface area contributed by atoms with Gasteiger partial charge in [0.25, 0.3) is 0 Å². The third-order valence-corrected chi connectivity index (χ3v) is 2.11. The summed E-state index contributed by atoms with van der Waals surface area (Å²) in [6.07, 6.45) is 3.50. The maximum absolute atomic E-state index is 11.5. The lowest BCUT2D eigenvalue weighted by molar-refractivity contribution is -0.135. The molecule has 17 heavy (non-hydrogen) atoms. The van der Waals surface area contributed by atoms with Gasteiger partial charge in [-0.05, 0) is 18.1 Å². The number of rotatable bonds is 3.